The molecule has 6 heteroatoms. The molecule has 0 bridgehead atoms. The highest BCUT2D eigenvalue weighted by molar-refractivity contribution is 5.86. The first-order chi connectivity index (χ1) is 13.2. The van der Waals surface area contributed by atoms with Crippen molar-refractivity contribution in [2.75, 3.05) is 32.8 Å². The van der Waals surface area contributed by atoms with Gasteiger partial charge in [-0.3, -0.25) is 9.69 Å². The number of hydrogen-bond donors (Lipinski definition) is 3. The highest BCUT2D eigenvalue weighted by Crippen LogP contribution is 2.28. The summed E-state index contributed by atoms with van der Waals surface area (Å²) in [7, 11) is 0. The molecule has 3 N–H and O–H groups in total. The van der Waals surface area contributed by atoms with Gasteiger partial charge in [-0.05, 0) is 42.7 Å². The van der Waals surface area contributed by atoms with Crippen LogP contribution in [0.2, 0.25) is 0 Å². The van der Waals surface area contributed by atoms with Crippen LogP contribution < -0.4 is 0 Å². The van der Waals surface area contributed by atoms with Crippen LogP contribution in [0.5, 0.6) is 0 Å². The number of aliphatic hydroxyl groups is 3. The number of hydrogen-bond acceptors (Lipinski definition) is 5. The Bertz CT molecular complexity index is 668. The highest BCUT2D eigenvalue weighted by atomic mass is 16.3. The van der Waals surface area contributed by atoms with Gasteiger partial charge in [0.25, 0.3) is 5.91 Å². The molecule has 0 saturated carbocycles. The van der Waals surface area contributed by atoms with E-state index in [1.807, 2.05) is 4.90 Å². The van der Waals surface area contributed by atoms with Crippen LogP contribution >= 0.6 is 0 Å². The number of piperidine rings is 2. The van der Waals surface area contributed by atoms with Gasteiger partial charge in [0.2, 0.25) is 0 Å². The van der Waals surface area contributed by atoms with Gasteiger partial charge in [-0.15, -0.1) is 0 Å². The smallest absolute Gasteiger partial charge is 0.256 e. The molecule has 1 aromatic rings. The van der Waals surface area contributed by atoms with Crippen LogP contribution in [0.3, 0.4) is 0 Å². The first kappa shape index (κ1) is 21.2. The number of carbonyl (C=O) groups excluding carboxylic acids is 1. The summed E-state index contributed by atoms with van der Waals surface area (Å²) in [6.07, 6.45) is 2.16. The summed E-state index contributed by atoms with van der Waals surface area (Å²) in [4.78, 5) is 16.8. The predicted molar refractivity (Wildman–Crippen MR) is 108 cm³/mol. The fourth-order valence-corrected chi connectivity index (χ4v) is 4.25. The topological polar surface area (TPSA) is 84.2 Å². The van der Waals surface area contributed by atoms with Crippen LogP contribution in [0, 0.1) is 0 Å². The second kappa shape index (κ2) is 8.49. The lowest BCUT2D eigenvalue weighted by Crippen LogP contribution is -2.60. The summed E-state index contributed by atoms with van der Waals surface area (Å²) < 4.78 is 0. The molecule has 28 heavy (non-hydrogen) atoms. The highest BCUT2D eigenvalue weighted by Gasteiger charge is 2.44. The molecule has 1 aromatic carbocycles. The molecule has 2 aliphatic rings. The van der Waals surface area contributed by atoms with E-state index in [1.165, 1.54) is 5.56 Å². The molecule has 0 aliphatic carbocycles. The third-order valence-corrected chi connectivity index (χ3v) is 6.29. The molecule has 6 nitrogen and oxygen atoms in total. The fourth-order valence-electron chi connectivity index (χ4n) is 4.25. The maximum atomic E-state index is 13.0. The number of nitrogens with zero attached hydrogens (tertiary/aromatic N) is 2. The van der Waals surface area contributed by atoms with E-state index in [0.717, 1.165) is 12.0 Å². The molecule has 1 atom stereocenters. The molecule has 2 fully saturated rings. The number of rotatable bonds is 6. The van der Waals surface area contributed by atoms with Crippen molar-refractivity contribution in [3.8, 4) is 0 Å². The van der Waals surface area contributed by atoms with Gasteiger partial charge in [0.1, 0.15) is 0 Å². The van der Waals surface area contributed by atoms with Crippen molar-refractivity contribution in [1.29, 1.82) is 0 Å². The van der Waals surface area contributed by atoms with Crippen molar-refractivity contribution >= 4 is 5.91 Å². The van der Waals surface area contributed by atoms with E-state index in [0.29, 0.717) is 51.4 Å². The average Bonchev–Trinajstić information content (AvgIpc) is 2.68. The monoisotopic (exact) mass is 390 g/mol. The van der Waals surface area contributed by atoms with E-state index in [-0.39, 0.29) is 19.1 Å². The first-order valence-corrected chi connectivity index (χ1v) is 10.4. The Balaban J connectivity index is 1.61. The Morgan fingerprint density at radius 1 is 1.04 bits per heavy atom. The molecule has 1 amide bonds. The summed E-state index contributed by atoms with van der Waals surface area (Å²) >= 11 is 0. The fraction of sp³-hybridized carbons (Fsp3) is 0.682. The van der Waals surface area contributed by atoms with Crippen LogP contribution in [0.1, 0.15) is 56.6 Å². The molecule has 0 spiro atoms. The molecule has 2 aliphatic heterocycles. The van der Waals surface area contributed by atoms with Gasteiger partial charge in [-0.25, -0.2) is 0 Å². The number of aliphatic hydroxyl groups excluding tert-OH is 1. The summed E-state index contributed by atoms with van der Waals surface area (Å²) in [5.74, 6) is 0.276. The number of carbonyl (C=O) groups is 1. The van der Waals surface area contributed by atoms with Crippen molar-refractivity contribution in [3.05, 3.63) is 35.4 Å². The summed E-state index contributed by atoms with van der Waals surface area (Å²) in [5.41, 5.74) is -0.0413. The molecule has 156 valence electrons. The SMILES string of the molecule is CC(C)c1ccc(CN2CCC[C@](O)(CN3CCC(O)(CO)CC3)C2=O)cc1. The Hall–Kier alpha value is -1.47. The predicted octanol–water partition coefficient (Wildman–Crippen LogP) is 1.48. The second-order valence-corrected chi connectivity index (χ2v) is 8.92. The molecular formula is C22H34N2O4. The van der Waals surface area contributed by atoms with Crippen LogP contribution in [0.4, 0.5) is 0 Å². The summed E-state index contributed by atoms with van der Waals surface area (Å²) in [6.45, 7) is 6.69. The zero-order chi connectivity index (χ0) is 20.4. The van der Waals surface area contributed by atoms with E-state index in [4.69, 9.17) is 0 Å². The molecule has 0 aromatic heterocycles. The average molecular weight is 391 g/mol. The minimum Gasteiger partial charge on any atom is -0.393 e. The van der Waals surface area contributed by atoms with Crippen LogP contribution in [-0.2, 0) is 11.3 Å². The zero-order valence-electron chi connectivity index (χ0n) is 17.1. The Morgan fingerprint density at radius 3 is 2.25 bits per heavy atom. The van der Waals surface area contributed by atoms with Crippen molar-refractivity contribution in [1.82, 2.24) is 9.80 Å². The number of likely N-dealkylation sites (tertiary alicyclic amines) is 2. The van der Waals surface area contributed by atoms with Crippen molar-refractivity contribution in [2.24, 2.45) is 0 Å². The molecule has 2 saturated heterocycles. The van der Waals surface area contributed by atoms with Crippen LogP contribution in [0.25, 0.3) is 0 Å². The molecule has 3 rings (SSSR count). The van der Waals surface area contributed by atoms with E-state index >= 15 is 0 Å². The van der Waals surface area contributed by atoms with Gasteiger partial charge in [-0.1, -0.05) is 38.1 Å². The number of β-amino-alcohol motifs (C(OH)–C–C–N with tert-alkyl or cyclic N) is 1. The van der Waals surface area contributed by atoms with E-state index < -0.39 is 11.2 Å². The molecule has 0 unspecified atom stereocenters. The van der Waals surface area contributed by atoms with E-state index in [1.54, 1.807) is 4.90 Å². The Morgan fingerprint density at radius 2 is 1.68 bits per heavy atom. The quantitative estimate of drug-likeness (QED) is 0.685. The van der Waals surface area contributed by atoms with Crippen molar-refractivity contribution in [2.45, 2.75) is 63.2 Å². The lowest BCUT2D eigenvalue weighted by Gasteiger charge is -2.43. The van der Waals surface area contributed by atoms with E-state index in [9.17, 15) is 20.1 Å². The van der Waals surface area contributed by atoms with Gasteiger partial charge in [0, 0.05) is 32.7 Å². The summed E-state index contributed by atoms with van der Waals surface area (Å²) in [6, 6.07) is 8.35. The second-order valence-electron chi connectivity index (χ2n) is 8.92. The maximum Gasteiger partial charge on any atom is 0.256 e. The normalized spacial score (nSPS) is 26.1. The Labute approximate surface area is 167 Å². The lowest BCUT2D eigenvalue weighted by atomic mass is 9.88. The largest absolute Gasteiger partial charge is 0.393 e. The van der Waals surface area contributed by atoms with Gasteiger partial charge < -0.3 is 20.2 Å². The molecule has 0 radical (unpaired) electrons. The zero-order valence-corrected chi connectivity index (χ0v) is 17.1. The third kappa shape index (κ3) is 4.74. The molecular weight excluding hydrogens is 356 g/mol. The standard InChI is InChI=1S/C22H34N2O4/c1-17(2)19-6-4-18(5-7-19)14-24-11-3-8-22(28,20(24)26)15-23-12-9-21(27,16-25)10-13-23/h4-7,17,25,27-28H,3,8-16H2,1-2H3/t22-/m0/s1. The van der Waals surface area contributed by atoms with E-state index in [2.05, 4.69) is 38.1 Å². The summed E-state index contributed by atoms with van der Waals surface area (Å²) in [5, 5.41) is 30.6. The van der Waals surface area contributed by atoms with Gasteiger partial charge >= 0.3 is 0 Å². The van der Waals surface area contributed by atoms with Crippen molar-refractivity contribution in [3.63, 3.8) is 0 Å². The van der Waals surface area contributed by atoms with Crippen molar-refractivity contribution < 1.29 is 20.1 Å². The van der Waals surface area contributed by atoms with Crippen LogP contribution in [0.15, 0.2) is 24.3 Å². The minimum absolute atomic E-state index is 0.199. The number of benzene rings is 1. The number of amides is 1. The van der Waals surface area contributed by atoms with Gasteiger partial charge in [0.15, 0.2) is 5.60 Å². The Kier molecular flexibility index (Phi) is 6.44. The maximum absolute atomic E-state index is 13.0. The lowest BCUT2D eigenvalue weighted by molar-refractivity contribution is -0.161. The molecule has 2 heterocycles. The van der Waals surface area contributed by atoms with Crippen LogP contribution in [-0.4, -0.2) is 75.0 Å². The third-order valence-electron chi connectivity index (χ3n) is 6.29. The van der Waals surface area contributed by atoms with Gasteiger partial charge in [-0.2, -0.15) is 0 Å². The van der Waals surface area contributed by atoms with Gasteiger partial charge in [0.05, 0.1) is 12.2 Å². The first-order valence-electron chi connectivity index (χ1n) is 10.4. The minimum atomic E-state index is -1.37.